The van der Waals surface area contributed by atoms with Crippen LogP contribution >= 0.6 is 0 Å². The molecule has 0 saturated heterocycles. The van der Waals surface area contributed by atoms with Gasteiger partial charge in [-0.15, -0.1) is 0 Å². The van der Waals surface area contributed by atoms with Gasteiger partial charge < -0.3 is 10.4 Å². The van der Waals surface area contributed by atoms with Crippen molar-refractivity contribution < 1.29 is 14.7 Å². The van der Waals surface area contributed by atoms with Crippen LogP contribution in [0.2, 0.25) is 0 Å². The Bertz CT molecular complexity index is 392. The Labute approximate surface area is 99.9 Å². The molecular formula is C12H16N2O3. The maximum atomic E-state index is 11.8. The van der Waals surface area contributed by atoms with Crippen LogP contribution in [0.4, 0.5) is 0 Å². The molecule has 1 amide bonds. The van der Waals surface area contributed by atoms with Crippen molar-refractivity contribution in [1.82, 2.24) is 10.3 Å². The molecule has 2 N–H and O–H groups in total. The lowest BCUT2D eigenvalue weighted by atomic mass is 9.99. The molecule has 1 rings (SSSR count). The van der Waals surface area contributed by atoms with Gasteiger partial charge in [-0.05, 0) is 18.1 Å². The highest BCUT2D eigenvalue weighted by Crippen LogP contribution is 2.09. The van der Waals surface area contributed by atoms with E-state index in [4.69, 9.17) is 5.11 Å². The lowest BCUT2D eigenvalue weighted by Crippen LogP contribution is -2.45. The molecule has 0 aromatic carbocycles. The van der Waals surface area contributed by atoms with Crippen LogP contribution in [0.3, 0.4) is 0 Å². The Morgan fingerprint density at radius 1 is 1.41 bits per heavy atom. The molecule has 1 aromatic rings. The van der Waals surface area contributed by atoms with E-state index in [1.54, 1.807) is 19.1 Å². The fourth-order valence-corrected chi connectivity index (χ4v) is 1.41. The van der Waals surface area contributed by atoms with Gasteiger partial charge in [0.1, 0.15) is 6.04 Å². The van der Waals surface area contributed by atoms with Crippen molar-refractivity contribution in [3.05, 3.63) is 30.1 Å². The van der Waals surface area contributed by atoms with Gasteiger partial charge in [0.25, 0.3) is 5.91 Å². The average molecular weight is 236 g/mol. The summed E-state index contributed by atoms with van der Waals surface area (Å²) >= 11 is 0. The number of nitrogens with one attached hydrogen (secondary N) is 1. The van der Waals surface area contributed by atoms with Crippen LogP contribution in [-0.2, 0) is 4.79 Å². The number of hydrogen-bond donors (Lipinski definition) is 2. The van der Waals surface area contributed by atoms with Crippen LogP contribution in [0.1, 0.15) is 30.6 Å². The van der Waals surface area contributed by atoms with Crippen LogP contribution in [0.15, 0.2) is 24.5 Å². The van der Waals surface area contributed by atoms with Crippen LogP contribution in [0, 0.1) is 5.92 Å². The van der Waals surface area contributed by atoms with Crippen molar-refractivity contribution >= 4 is 11.9 Å². The number of pyridine rings is 1. The van der Waals surface area contributed by atoms with E-state index in [2.05, 4.69) is 10.3 Å². The molecule has 0 aliphatic carbocycles. The quantitative estimate of drug-likeness (QED) is 0.807. The van der Waals surface area contributed by atoms with Crippen molar-refractivity contribution in [2.75, 3.05) is 0 Å². The van der Waals surface area contributed by atoms with Crippen molar-refractivity contribution in [1.29, 1.82) is 0 Å². The van der Waals surface area contributed by atoms with Gasteiger partial charge >= 0.3 is 5.97 Å². The minimum absolute atomic E-state index is 0.113. The highest BCUT2D eigenvalue weighted by molar-refractivity contribution is 5.96. The molecule has 0 aliphatic heterocycles. The maximum absolute atomic E-state index is 11.8. The van der Waals surface area contributed by atoms with Gasteiger partial charge in [-0.25, -0.2) is 4.79 Å². The minimum atomic E-state index is -1.01. The number of carboxylic acids is 1. The molecule has 1 heterocycles. The SMILES string of the molecule is CC[C@H](C)[C@H](NC(=O)c1ccncc1)C(=O)O. The fourth-order valence-electron chi connectivity index (χ4n) is 1.41. The number of aliphatic carboxylic acids is 1. The Hall–Kier alpha value is -1.91. The summed E-state index contributed by atoms with van der Waals surface area (Å²) in [4.78, 5) is 26.6. The van der Waals surface area contributed by atoms with Gasteiger partial charge in [-0.2, -0.15) is 0 Å². The van der Waals surface area contributed by atoms with Gasteiger partial charge in [0.05, 0.1) is 0 Å². The molecule has 1 aromatic heterocycles. The largest absolute Gasteiger partial charge is 0.480 e. The molecule has 0 fully saturated rings. The summed E-state index contributed by atoms with van der Waals surface area (Å²) in [7, 11) is 0. The molecule has 5 nitrogen and oxygen atoms in total. The van der Waals surface area contributed by atoms with Crippen molar-refractivity contribution in [2.24, 2.45) is 5.92 Å². The van der Waals surface area contributed by atoms with E-state index in [0.717, 1.165) is 0 Å². The first-order valence-corrected chi connectivity index (χ1v) is 5.50. The second-order valence-corrected chi connectivity index (χ2v) is 3.91. The zero-order chi connectivity index (χ0) is 12.8. The topological polar surface area (TPSA) is 79.3 Å². The predicted molar refractivity (Wildman–Crippen MR) is 62.6 cm³/mol. The summed E-state index contributed by atoms with van der Waals surface area (Å²) in [5.74, 6) is -1.51. The number of carbonyl (C=O) groups excluding carboxylic acids is 1. The Morgan fingerprint density at radius 3 is 2.47 bits per heavy atom. The summed E-state index contributed by atoms with van der Waals surface area (Å²) in [5.41, 5.74) is 0.412. The van der Waals surface area contributed by atoms with Crippen LogP contribution in [-0.4, -0.2) is 28.0 Å². The number of carbonyl (C=O) groups is 2. The molecule has 2 atom stereocenters. The monoisotopic (exact) mass is 236 g/mol. The Morgan fingerprint density at radius 2 is 2.00 bits per heavy atom. The first-order chi connectivity index (χ1) is 8.06. The second kappa shape index (κ2) is 5.98. The third kappa shape index (κ3) is 3.55. The summed E-state index contributed by atoms with van der Waals surface area (Å²) in [6.45, 7) is 3.69. The van der Waals surface area contributed by atoms with Crippen molar-refractivity contribution in [2.45, 2.75) is 26.3 Å². The first kappa shape index (κ1) is 13.2. The summed E-state index contributed by atoms with van der Waals surface area (Å²) in [6.07, 6.45) is 3.68. The molecular weight excluding hydrogens is 220 g/mol. The van der Waals surface area contributed by atoms with E-state index in [1.165, 1.54) is 12.4 Å². The van der Waals surface area contributed by atoms with E-state index in [1.807, 2.05) is 6.92 Å². The zero-order valence-corrected chi connectivity index (χ0v) is 9.88. The van der Waals surface area contributed by atoms with Crippen LogP contribution < -0.4 is 5.32 Å². The van der Waals surface area contributed by atoms with E-state index < -0.39 is 12.0 Å². The number of amides is 1. The Kier molecular flexibility index (Phi) is 4.63. The molecule has 0 spiro atoms. The van der Waals surface area contributed by atoms with Crippen molar-refractivity contribution in [3.63, 3.8) is 0 Å². The fraction of sp³-hybridized carbons (Fsp3) is 0.417. The number of carboxylic acid groups (broad SMARTS) is 1. The summed E-state index contributed by atoms with van der Waals surface area (Å²) in [6, 6.07) is 2.23. The van der Waals surface area contributed by atoms with Crippen LogP contribution in [0.5, 0.6) is 0 Å². The molecule has 17 heavy (non-hydrogen) atoms. The smallest absolute Gasteiger partial charge is 0.326 e. The molecule has 0 bridgehead atoms. The maximum Gasteiger partial charge on any atom is 0.326 e. The molecule has 5 heteroatoms. The standard InChI is InChI=1S/C12H16N2O3/c1-3-8(2)10(12(16)17)14-11(15)9-4-6-13-7-5-9/h4-8,10H,3H2,1-2H3,(H,14,15)(H,16,17)/t8-,10-/m0/s1. The summed E-state index contributed by atoms with van der Waals surface area (Å²) in [5, 5.41) is 11.6. The highest BCUT2D eigenvalue weighted by Gasteiger charge is 2.25. The predicted octanol–water partition coefficient (Wildman–Crippen LogP) is 1.31. The Balaban J connectivity index is 2.75. The molecule has 0 aliphatic rings. The number of hydrogen-bond acceptors (Lipinski definition) is 3. The third-order valence-corrected chi connectivity index (χ3v) is 2.71. The molecule has 0 unspecified atom stereocenters. The van der Waals surface area contributed by atoms with Gasteiger partial charge in [-0.1, -0.05) is 20.3 Å². The van der Waals surface area contributed by atoms with E-state index >= 15 is 0 Å². The summed E-state index contributed by atoms with van der Waals surface area (Å²) < 4.78 is 0. The average Bonchev–Trinajstić information content (AvgIpc) is 2.35. The first-order valence-electron chi connectivity index (χ1n) is 5.50. The van der Waals surface area contributed by atoms with Gasteiger partial charge in [0.2, 0.25) is 0 Å². The second-order valence-electron chi connectivity index (χ2n) is 3.91. The number of nitrogens with zero attached hydrogens (tertiary/aromatic N) is 1. The van der Waals surface area contributed by atoms with Gasteiger partial charge in [0, 0.05) is 18.0 Å². The van der Waals surface area contributed by atoms with E-state index in [9.17, 15) is 9.59 Å². The lowest BCUT2D eigenvalue weighted by Gasteiger charge is -2.20. The highest BCUT2D eigenvalue weighted by atomic mass is 16.4. The number of aromatic nitrogens is 1. The van der Waals surface area contributed by atoms with Gasteiger partial charge in [0.15, 0.2) is 0 Å². The minimum Gasteiger partial charge on any atom is -0.480 e. The van der Waals surface area contributed by atoms with Gasteiger partial charge in [-0.3, -0.25) is 9.78 Å². The van der Waals surface area contributed by atoms with Crippen molar-refractivity contribution in [3.8, 4) is 0 Å². The molecule has 0 radical (unpaired) electrons. The van der Waals surface area contributed by atoms with Crippen LogP contribution in [0.25, 0.3) is 0 Å². The normalized spacial score (nSPS) is 13.8. The van der Waals surface area contributed by atoms with E-state index in [0.29, 0.717) is 12.0 Å². The zero-order valence-electron chi connectivity index (χ0n) is 9.88. The van der Waals surface area contributed by atoms with E-state index in [-0.39, 0.29) is 11.8 Å². The molecule has 0 saturated carbocycles. The molecule has 92 valence electrons. The third-order valence-electron chi connectivity index (χ3n) is 2.71. The number of rotatable bonds is 5. The lowest BCUT2D eigenvalue weighted by molar-refractivity contribution is -0.140.